The van der Waals surface area contributed by atoms with Crippen LogP contribution in [0.2, 0.25) is 0 Å². The van der Waals surface area contributed by atoms with Crippen LogP contribution in [0.4, 0.5) is 0 Å². The zero-order chi connectivity index (χ0) is 16.4. The van der Waals surface area contributed by atoms with Crippen LogP contribution in [0.3, 0.4) is 0 Å². The Bertz CT molecular complexity index is 609. The van der Waals surface area contributed by atoms with Crippen LogP contribution >= 0.6 is 0 Å². The van der Waals surface area contributed by atoms with Crippen molar-refractivity contribution in [1.29, 1.82) is 0 Å². The molecule has 0 radical (unpaired) electrons. The van der Waals surface area contributed by atoms with Gasteiger partial charge in [-0.25, -0.2) is 4.79 Å². The Morgan fingerprint density at radius 1 is 1.26 bits per heavy atom. The first-order chi connectivity index (χ1) is 11.0. The second kappa shape index (κ2) is 6.20. The number of carboxylic acids is 1. The van der Waals surface area contributed by atoms with Gasteiger partial charge in [0.1, 0.15) is 12.4 Å². The summed E-state index contributed by atoms with van der Waals surface area (Å²) in [5.41, 5.74) is -0.517. The number of aliphatic hydroxyl groups is 1. The number of para-hydroxylation sites is 1. The van der Waals surface area contributed by atoms with Gasteiger partial charge in [0.25, 0.3) is 0 Å². The van der Waals surface area contributed by atoms with Gasteiger partial charge in [0, 0.05) is 5.56 Å². The summed E-state index contributed by atoms with van der Waals surface area (Å²) >= 11 is 0. The van der Waals surface area contributed by atoms with E-state index >= 15 is 0 Å². The van der Waals surface area contributed by atoms with Gasteiger partial charge in [0.2, 0.25) is 5.91 Å². The number of hydrogen-bond acceptors (Lipinski definition) is 4. The fourth-order valence-corrected chi connectivity index (χ4v) is 3.52. The maximum absolute atomic E-state index is 12.7. The second-order valence-electron chi connectivity index (χ2n) is 6.32. The number of benzene rings is 1. The third-order valence-corrected chi connectivity index (χ3v) is 4.68. The van der Waals surface area contributed by atoms with Crippen LogP contribution < -0.4 is 4.74 Å². The van der Waals surface area contributed by atoms with Gasteiger partial charge in [-0.05, 0) is 18.9 Å². The molecule has 1 saturated carbocycles. The van der Waals surface area contributed by atoms with Crippen LogP contribution in [0.5, 0.6) is 5.75 Å². The molecule has 1 atom stereocenters. The van der Waals surface area contributed by atoms with Crippen molar-refractivity contribution in [2.45, 2.75) is 43.7 Å². The summed E-state index contributed by atoms with van der Waals surface area (Å²) in [6.45, 7) is 0.436. The average Bonchev–Trinajstić information content (AvgIpc) is 2.83. The molecule has 1 aliphatic carbocycles. The largest absolute Gasteiger partial charge is 0.491 e. The molecule has 1 aromatic carbocycles. The van der Waals surface area contributed by atoms with E-state index < -0.39 is 17.6 Å². The number of carboxylic acid groups (broad SMARTS) is 1. The molecule has 1 amide bonds. The first kappa shape index (κ1) is 15.8. The first-order valence-corrected chi connectivity index (χ1v) is 7.97. The molecule has 1 aliphatic heterocycles. The minimum absolute atomic E-state index is 0.0288. The zero-order valence-electron chi connectivity index (χ0n) is 12.9. The molecular formula is C17H21NO5. The van der Waals surface area contributed by atoms with E-state index in [4.69, 9.17) is 4.74 Å². The number of hydrogen-bond donors (Lipinski definition) is 2. The van der Waals surface area contributed by atoms with Crippen molar-refractivity contribution in [3.63, 3.8) is 0 Å². The second-order valence-corrected chi connectivity index (χ2v) is 6.32. The van der Waals surface area contributed by atoms with Crippen molar-refractivity contribution in [2.75, 3.05) is 13.2 Å². The number of rotatable bonds is 3. The summed E-state index contributed by atoms with van der Waals surface area (Å²) in [4.78, 5) is 25.8. The molecule has 6 nitrogen and oxygen atoms in total. The highest BCUT2D eigenvalue weighted by atomic mass is 16.5. The van der Waals surface area contributed by atoms with Crippen molar-refractivity contribution < 1.29 is 24.5 Å². The van der Waals surface area contributed by atoms with Gasteiger partial charge in [-0.1, -0.05) is 31.0 Å². The Balaban J connectivity index is 1.88. The summed E-state index contributed by atoms with van der Waals surface area (Å²) in [6.07, 6.45) is 2.96. The molecule has 6 heteroatoms. The molecule has 1 fully saturated rings. The number of carbonyl (C=O) groups excluding carboxylic acids is 1. The highest BCUT2D eigenvalue weighted by molar-refractivity contribution is 5.86. The number of fused-ring (bicyclic) bond motifs is 1. The standard InChI is InChI=1S/C17H21NO5/c19-14(11-17(22)7-3-4-8-17)18-9-10-23-13-6-2-1-5-12(13)15(18)16(20)21/h1-2,5-6,15,22H,3-4,7-11H2,(H,20,21). The SMILES string of the molecule is O=C(O)C1c2ccccc2OCCN1C(=O)CC1(O)CCCC1. The van der Waals surface area contributed by atoms with Crippen molar-refractivity contribution in [2.24, 2.45) is 0 Å². The van der Waals surface area contributed by atoms with E-state index in [-0.39, 0.29) is 25.5 Å². The zero-order valence-corrected chi connectivity index (χ0v) is 12.9. The fraction of sp³-hybridized carbons (Fsp3) is 0.529. The molecule has 0 spiro atoms. The molecule has 0 bridgehead atoms. The van der Waals surface area contributed by atoms with Crippen LogP contribution in [0.1, 0.15) is 43.7 Å². The van der Waals surface area contributed by atoms with Gasteiger partial charge in [-0.15, -0.1) is 0 Å². The van der Waals surface area contributed by atoms with E-state index in [0.29, 0.717) is 24.2 Å². The fourth-order valence-electron chi connectivity index (χ4n) is 3.52. The molecule has 2 N–H and O–H groups in total. The van der Waals surface area contributed by atoms with Crippen molar-refractivity contribution in [3.05, 3.63) is 29.8 Å². The lowest BCUT2D eigenvalue weighted by Crippen LogP contribution is -2.43. The van der Waals surface area contributed by atoms with Crippen molar-refractivity contribution >= 4 is 11.9 Å². The molecule has 2 aliphatic rings. The van der Waals surface area contributed by atoms with Gasteiger partial charge < -0.3 is 19.8 Å². The predicted octanol–water partition coefficient (Wildman–Crippen LogP) is 1.73. The third-order valence-electron chi connectivity index (χ3n) is 4.68. The first-order valence-electron chi connectivity index (χ1n) is 7.97. The molecule has 124 valence electrons. The molecule has 0 aromatic heterocycles. The van der Waals surface area contributed by atoms with E-state index in [1.807, 2.05) is 0 Å². The van der Waals surface area contributed by atoms with Crippen LogP contribution in [-0.4, -0.2) is 45.7 Å². The summed E-state index contributed by atoms with van der Waals surface area (Å²) < 4.78 is 5.58. The summed E-state index contributed by atoms with van der Waals surface area (Å²) in [5.74, 6) is -0.924. The minimum Gasteiger partial charge on any atom is -0.491 e. The van der Waals surface area contributed by atoms with E-state index in [0.717, 1.165) is 12.8 Å². The number of carbonyl (C=O) groups is 2. The van der Waals surface area contributed by atoms with E-state index in [1.54, 1.807) is 24.3 Å². The number of nitrogens with zero attached hydrogens (tertiary/aromatic N) is 1. The molecule has 1 aromatic rings. The minimum atomic E-state index is -1.09. The maximum atomic E-state index is 12.7. The third kappa shape index (κ3) is 3.17. The Labute approximate surface area is 134 Å². The monoisotopic (exact) mass is 319 g/mol. The number of amides is 1. The normalized spacial score (nSPS) is 22.8. The Morgan fingerprint density at radius 2 is 1.96 bits per heavy atom. The highest BCUT2D eigenvalue weighted by Gasteiger charge is 2.40. The Morgan fingerprint density at radius 3 is 2.65 bits per heavy atom. The predicted molar refractivity (Wildman–Crippen MR) is 82.1 cm³/mol. The van der Waals surface area contributed by atoms with Crippen LogP contribution in [0.25, 0.3) is 0 Å². The average molecular weight is 319 g/mol. The molecule has 0 saturated heterocycles. The quantitative estimate of drug-likeness (QED) is 0.886. The molecule has 3 rings (SSSR count). The van der Waals surface area contributed by atoms with Gasteiger partial charge in [0.05, 0.1) is 18.6 Å². The van der Waals surface area contributed by atoms with Crippen molar-refractivity contribution in [1.82, 2.24) is 4.90 Å². The van der Waals surface area contributed by atoms with Crippen molar-refractivity contribution in [3.8, 4) is 5.75 Å². The van der Waals surface area contributed by atoms with Crippen LogP contribution in [0.15, 0.2) is 24.3 Å². The van der Waals surface area contributed by atoms with Crippen LogP contribution in [-0.2, 0) is 9.59 Å². The summed E-state index contributed by atoms with van der Waals surface area (Å²) in [5, 5.41) is 20.1. The Kier molecular flexibility index (Phi) is 4.26. The number of ether oxygens (including phenoxy) is 1. The molecular weight excluding hydrogens is 298 g/mol. The van der Waals surface area contributed by atoms with E-state index in [9.17, 15) is 19.8 Å². The lowest BCUT2D eigenvalue weighted by atomic mass is 9.96. The lowest BCUT2D eigenvalue weighted by Gasteiger charge is -2.30. The maximum Gasteiger partial charge on any atom is 0.331 e. The topological polar surface area (TPSA) is 87.1 Å². The van der Waals surface area contributed by atoms with Crippen LogP contribution in [0, 0.1) is 0 Å². The van der Waals surface area contributed by atoms with E-state index in [2.05, 4.69) is 0 Å². The van der Waals surface area contributed by atoms with Gasteiger partial charge in [0.15, 0.2) is 6.04 Å². The smallest absolute Gasteiger partial charge is 0.331 e. The van der Waals surface area contributed by atoms with Gasteiger partial charge >= 0.3 is 5.97 Å². The summed E-state index contributed by atoms with van der Waals surface area (Å²) in [6, 6.07) is 5.81. The Hall–Kier alpha value is -2.08. The molecule has 1 unspecified atom stereocenters. The lowest BCUT2D eigenvalue weighted by molar-refractivity contribution is -0.152. The highest BCUT2D eigenvalue weighted by Crippen LogP contribution is 2.36. The molecule has 1 heterocycles. The number of aliphatic carboxylic acids is 1. The van der Waals surface area contributed by atoms with E-state index in [1.165, 1.54) is 4.90 Å². The molecule has 23 heavy (non-hydrogen) atoms. The van der Waals surface area contributed by atoms with Gasteiger partial charge in [-0.3, -0.25) is 4.79 Å². The summed E-state index contributed by atoms with van der Waals surface area (Å²) in [7, 11) is 0. The van der Waals surface area contributed by atoms with Gasteiger partial charge in [-0.2, -0.15) is 0 Å².